The molecule has 1 aliphatic carbocycles. The van der Waals surface area contributed by atoms with Crippen molar-refractivity contribution in [2.45, 2.75) is 70.9 Å². The second-order valence-corrected chi connectivity index (χ2v) is 8.80. The first-order valence-corrected chi connectivity index (χ1v) is 12.2. The average molecular weight is 465 g/mol. The number of amides is 1. The third kappa shape index (κ3) is 5.55. The van der Waals surface area contributed by atoms with Gasteiger partial charge in [-0.1, -0.05) is 56.0 Å². The number of benzene rings is 1. The summed E-state index contributed by atoms with van der Waals surface area (Å²) in [6.45, 7) is 2.31. The average Bonchev–Trinajstić information content (AvgIpc) is 3.11. The predicted molar refractivity (Wildman–Crippen MR) is 129 cm³/mol. The zero-order chi connectivity index (χ0) is 23.9. The van der Waals surface area contributed by atoms with Crippen LogP contribution in [0.1, 0.15) is 78.4 Å². The maximum Gasteiger partial charge on any atom is 0.358 e. The summed E-state index contributed by atoms with van der Waals surface area (Å²) in [6, 6.07) is 11.6. The van der Waals surface area contributed by atoms with Gasteiger partial charge < -0.3 is 14.6 Å². The minimum Gasteiger partial charge on any atom is -0.461 e. The molecule has 1 fully saturated rings. The summed E-state index contributed by atoms with van der Waals surface area (Å²) in [7, 11) is 0. The molecule has 0 saturated heterocycles. The van der Waals surface area contributed by atoms with Crippen LogP contribution >= 0.6 is 0 Å². The Morgan fingerprint density at radius 1 is 1.12 bits per heavy atom. The van der Waals surface area contributed by atoms with E-state index in [1.54, 1.807) is 13.1 Å². The lowest BCUT2D eigenvalue weighted by atomic mass is 10.1. The van der Waals surface area contributed by atoms with E-state index in [1.165, 1.54) is 33.6 Å². The molecule has 0 spiro atoms. The summed E-state index contributed by atoms with van der Waals surface area (Å²) >= 11 is 0. The Hall–Kier alpha value is -3.42. The number of fused-ring (bicyclic) bond motifs is 1. The predicted octanol–water partition coefficient (Wildman–Crippen LogP) is 3.76. The number of carbonyl (C=O) groups excluding carboxylic acids is 2. The number of nitrogens with one attached hydrogen (secondary N) is 1. The van der Waals surface area contributed by atoms with Gasteiger partial charge in [-0.3, -0.25) is 9.59 Å². The lowest BCUT2D eigenvalue weighted by Gasteiger charge is -2.19. The summed E-state index contributed by atoms with van der Waals surface area (Å²) in [5.74, 6) is -0.871. The molecule has 0 bridgehead atoms. The van der Waals surface area contributed by atoms with Gasteiger partial charge in [-0.05, 0) is 38.2 Å². The van der Waals surface area contributed by atoms with E-state index in [4.69, 9.17) is 4.74 Å². The summed E-state index contributed by atoms with van der Waals surface area (Å²) in [6.07, 6.45) is 9.49. The van der Waals surface area contributed by atoms with Crippen LogP contribution in [0.5, 0.6) is 0 Å². The van der Waals surface area contributed by atoms with Crippen LogP contribution in [-0.2, 0) is 17.7 Å². The molecule has 180 valence electrons. The van der Waals surface area contributed by atoms with Crippen LogP contribution in [0.25, 0.3) is 5.52 Å². The van der Waals surface area contributed by atoms with E-state index < -0.39 is 5.97 Å². The fourth-order valence-electron chi connectivity index (χ4n) is 4.56. The highest BCUT2D eigenvalue weighted by Gasteiger charge is 2.22. The van der Waals surface area contributed by atoms with E-state index in [0.717, 1.165) is 32.1 Å². The van der Waals surface area contributed by atoms with Crippen molar-refractivity contribution in [3.8, 4) is 0 Å². The quantitative estimate of drug-likeness (QED) is 0.405. The number of rotatable bonds is 8. The van der Waals surface area contributed by atoms with Crippen molar-refractivity contribution in [2.24, 2.45) is 0 Å². The maximum absolute atomic E-state index is 13.4. The van der Waals surface area contributed by atoms with Crippen LogP contribution in [0, 0.1) is 0 Å². The minimum absolute atomic E-state index is 0.0520. The van der Waals surface area contributed by atoms with Gasteiger partial charge in [0.05, 0.1) is 12.8 Å². The van der Waals surface area contributed by atoms with Gasteiger partial charge in [-0.15, -0.1) is 0 Å². The van der Waals surface area contributed by atoms with Crippen LogP contribution in [-0.4, -0.2) is 38.7 Å². The van der Waals surface area contributed by atoms with Gasteiger partial charge in [0, 0.05) is 18.7 Å². The van der Waals surface area contributed by atoms with Crippen molar-refractivity contribution < 1.29 is 14.3 Å². The van der Waals surface area contributed by atoms with Crippen molar-refractivity contribution in [3.05, 3.63) is 69.9 Å². The molecule has 0 radical (unpaired) electrons. The largest absolute Gasteiger partial charge is 0.461 e. The smallest absolute Gasteiger partial charge is 0.358 e. The van der Waals surface area contributed by atoms with E-state index in [-0.39, 0.29) is 41.0 Å². The number of hydrogen-bond donors (Lipinski definition) is 1. The molecule has 1 aromatic carbocycles. The van der Waals surface area contributed by atoms with Gasteiger partial charge in [0.1, 0.15) is 11.2 Å². The zero-order valence-corrected chi connectivity index (χ0v) is 19.7. The first-order valence-electron chi connectivity index (χ1n) is 12.2. The monoisotopic (exact) mass is 464 g/mol. The van der Waals surface area contributed by atoms with Gasteiger partial charge >= 0.3 is 5.97 Å². The number of nitrogens with zero attached hydrogens (tertiary/aromatic N) is 3. The highest BCUT2D eigenvalue weighted by molar-refractivity contribution is 5.93. The van der Waals surface area contributed by atoms with Crippen molar-refractivity contribution in [1.29, 1.82) is 0 Å². The van der Waals surface area contributed by atoms with Gasteiger partial charge in [-0.2, -0.15) is 5.10 Å². The molecule has 1 amide bonds. The molecule has 0 aliphatic heterocycles. The van der Waals surface area contributed by atoms with E-state index in [2.05, 4.69) is 10.4 Å². The van der Waals surface area contributed by atoms with E-state index in [0.29, 0.717) is 13.0 Å². The first-order chi connectivity index (χ1) is 16.6. The van der Waals surface area contributed by atoms with Crippen LogP contribution in [0.3, 0.4) is 0 Å². The Labute approximate surface area is 198 Å². The van der Waals surface area contributed by atoms with Gasteiger partial charge in [0.25, 0.3) is 11.5 Å². The Morgan fingerprint density at radius 2 is 1.85 bits per heavy atom. The second-order valence-electron chi connectivity index (χ2n) is 8.80. The lowest BCUT2D eigenvalue weighted by molar-refractivity contribution is 0.0519. The SMILES string of the molecule is CCOC(=O)c1cc2c(=O)n(CCCc3ccccc3)c(C(=O)NC3CCCCCC3)cn2n1. The lowest BCUT2D eigenvalue weighted by Crippen LogP contribution is -2.39. The van der Waals surface area contributed by atoms with Crippen LogP contribution in [0.15, 0.2) is 47.4 Å². The molecule has 2 aromatic heterocycles. The molecule has 1 aliphatic rings. The highest BCUT2D eigenvalue weighted by atomic mass is 16.5. The van der Waals surface area contributed by atoms with E-state index >= 15 is 0 Å². The summed E-state index contributed by atoms with van der Waals surface area (Å²) in [4.78, 5) is 38.9. The Bertz CT molecular complexity index is 1190. The van der Waals surface area contributed by atoms with Gasteiger partial charge in [-0.25, -0.2) is 9.31 Å². The zero-order valence-electron chi connectivity index (χ0n) is 19.7. The number of aromatic nitrogens is 3. The fraction of sp³-hybridized carbons (Fsp3) is 0.462. The molecule has 0 unspecified atom stereocenters. The van der Waals surface area contributed by atoms with Crippen LogP contribution < -0.4 is 10.9 Å². The Morgan fingerprint density at radius 3 is 2.56 bits per heavy atom. The fourth-order valence-corrected chi connectivity index (χ4v) is 4.56. The highest BCUT2D eigenvalue weighted by Crippen LogP contribution is 2.18. The topological polar surface area (TPSA) is 94.7 Å². The minimum atomic E-state index is -0.592. The maximum atomic E-state index is 13.4. The van der Waals surface area contributed by atoms with Crippen molar-refractivity contribution >= 4 is 17.4 Å². The van der Waals surface area contributed by atoms with E-state index in [1.807, 2.05) is 30.3 Å². The number of aryl methyl sites for hydroxylation is 1. The molecular formula is C26H32N4O4. The normalized spacial score (nSPS) is 14.6. The second kappa shape index (κ2) is 11.1. The van der Waals surface area contributed by atoms with Crippen LogP contribution in [0.4, 0.5) is 0 Å². The Kier molecular flexibility index (Phi) is 7.77. The third-order valence-electron chi connectivity index (χ3n) is 6.33. The van der Waals surface area contributed by atoms with Crippen molar-refractivity contribution in [1.82, 2.24) is 19.5 Å². The molecule has 4 rings (SSSR count). The number of carbonyl (C=O) groups is 2. The molecular weight excluding hydrogens is 432 g/mol. The molecule has 0 atom stereocenters. The summed E-state index contributed by atoms with van der Waals surface area (Å²) in [5, 5.41) is 7.35. The summed E-state index contributed by atoms with van der Waals surface area (Å²) < 4.78 is 7.87. The number of ether oxygens (including phenoxy) is 1. The van der Waals surface area contributed by atoms with E-state index in [9.17, 15) is 14.4 Å². The van der Waals surface area contributed by atoms with Crippen molar-refractivity contribution in [3.63, 3.8) is 0 Å². The molecule has 8 nitrogen and oxygen atoms in total. The summed E-state index contributed by atoms with van der Waals surface area (Å²) in [5.41, 5.74) is 1.39. The molecule has 3 aromatic rings. The number of hydrogen-bond acceptors (Lipinski definition) is 5. The Balaban J connectivity index is 1.64. The van der Waals surface area contributed by atoms with Crippen molar-refractivity contribution in [2.75, 3.05) is 6.61 Å². The molecule has 1 N–H and O–H groups in total. The van der Waals surface area contributed by atoms with Gasteiger partial charge in [0.2, 0.25) is 0 Å². The first kappa shape index (κ1) is 23.7. The van der Waals surface area contributed by atoms with Crippen LogP contribution in [0.2, 0.25) is 0 Å². The van der Waals surface area contributed by atoms with Gasteiger partial charge in [0.15, 0.2) is 5.69 Å². The standard InChI is InChI=1S/C26H32N4O4/c1-2-34-26(33)21-17-22-25(32)29(16-10-13-19-11-6-5-7-12-19)23(18-30(22)28-21)24(31)27-20-14-8-3-4-9-15-20/h5-7,11-12,17-18,20H,2-4,8-10,13-16H2,1H3,(H,27,31). The third-order valence-corrected chi connectivity index (χ3v) is 6.33. The molecule has 34 heavy (non-hydrogen) atoms. The molecule has 1 saturated carbocycles. The number of esters is 1. The molecule has 2 heterocycles. The molecule has 8 heteroatoms.